The van der Waals surface area contributed by atoms with Crippen molar-refractivity contribution in [2.24, 2.45) is 5.92 Å². The highest BCUT2D eigenvalue weighted by atomic mass is 16.4. The molecule has 0 saturated heterocycles. The fourth-order valence-corrected chi connectivity index (χ4v) is 4.22. The standard InChI is InChI=1S/C23H25NO2/c25-23(26)20-15-21(19-12-11-17-9-5-6-10-18(17)14-19)24-22(20)13-16-7-3-1-2-4-8-16/h5-6,9-12,14-16,24H,1-4,7-8,13H2,(H,25,26). The van der Waals surface area contributed by atoms with E-state index in [0.717, 1.165) is 23.4 Å². The van der Waals surface area contributed by atoms with Crippen molar-refractivity contribution in [3.05, 3.63) is 59.8 Å². The van der Waals surface area contributed by atoms with Gasteiger partial charge in [0.1, 0.15) is 0 Å². The Labute approximate surface area is 154 Å². The molecule has 3 nitrogen and oxygen atoms in total. The summed E-state index contributed by atoms with van der Waals surface area (Å²) >= 11 is 0. The quantitative estimate of drug-likeness (QED) is 0.565. The number of aromatic amines is 1. The maximum Gasteiger partial charge on any atom is 0.337 e. The Kier molecular flexibility index (Phi) is 4.79. The zero-order valence-electron chi connectivity index (χ0n) is 15.0. The second-order valence-corrected chi connectivity index (χ2v) is 7.50. The Morgan fingerprint density at radius 1 is 0.962 bits per heavy atom. The Morgan fingerprint density at radius 3 is 2.42 bits per heavy atom. The number of carbonyl (C=O) groups is 1. The third-order valence-corrected chi connectivity index (χ3v) is 5.66. The van der Waals surface area contributed by atoms with Gasteiger partial charge in [-0.15, -0.1) is 0 Å². The van der Waals surface area contributed by atoms with Gasteiger partial charge in [0.2, 0.25) is 0 Å². The molecule has 0 atom stereocenters. The minimum Gasteiger partial charge on any atom is -0.478 e. The number of hydrogen-bond donors (Lipinski definition) is 2. The molecule has 0 bridgehead atoms. The fraction of sp³-hybridized carbons (Fsp3) is 0.348. The number of rotatable bonds is 4. The minimum absolute atomic E-state index is 0.428. The van der Waals surface area contributed by atoms with Gasteiger partial charge >= 0.3 is 5.97 Å². The Balaban J connectivity index is 1.66. The van der Waals surface area contributed by atoms with Crippen LogP contribution in [0.1, 0.15) is 54.6 Å². The smallest absolute Gasteiger partial charge is 0.337 e. The molecule has 3 aromatic rings. The first kappa shape index (κ1) is 16.9. The van der Waals surface area contributed by atoms with Gasteiger partial charge in [-0.05, 0) is 40.8 Å². The number of nitrogens with one attached hydrogen (secondary N) is 1. The van der Waals surface area contributed by atoms with Gasteiger partial charge < -0.3 is 10.1 Å². The molecular weight excluding hydrogens is 322 g/mol. The molecule has 1 aliphatic carbocycles. The summed E-state index contributed by atoms with van der Waals surface area (Å²) in [5, 5.41) is 12.0. The average molecular weight is 347 g/mol. The summed E-state index contributed by atoms with van der Waals surface area (Å²) in [6, 6.07) is 16.3. The van der Waals surface area contributed by atoms with Crippen LogP contribution in [-0.4, -0.2) is 16.1 Å². The van der Waals surface area contributed by atoms with E-state index in [2.05, 4.69) is 35.3 Å². The SMILES string of the molecule is O=C(O)c1cc(-c2ccc3ccccc3c2)[nH]c1CC1CCCCCC1. The number of aromatic nitrogens is 1. The lowest BCUT2D eigenvalue weighted by Gasteiger charge is -2.13. The number of H-pyrrole nitrogens is 1. The third kappa shape index (κ3) is 3.52. The van der Waals surface area contributed by atoms with Gasteiger partial charge in [0.25, 0.3) is 0 Å². The fourth-order valence-electron chi connectivity index (χ4n) is 4.22. The zero-order valence-corrected chi connectivity index (χ0v) is 15.0. The molecule has 2 aromatic carbocycles. The topological polar surface area (TPSA) is 53.1 Å². The molecule has 0 amide bonds. The predicted molar refractivity (Wildman–Crippen MR) is 106 cm³/mol. The van der Waals surface area contributed by atoms with Crippen LogP contribution in [0, 0.1) is 5.92 Å². The lowest BCUT2D eigenvalue weighted by atomic mass is 9.94. The summed E-state index contributed by atoms with van der Waals surface area (Å²) < 4.78 is 0. The molecule has 1 heterocycles. The van der Waals surface area contributed by atoms with Crippen molar-refractivity contribution in [1.29, 1.82) is 0 Å². The largest absolute Gasteiger partial charge is 0.478 e. The van der Waals surface area contributed by atoms with Crippen LogP contribution in [0.4, 0.5) is 0 Å². The van der Waals surface area contributed by atoms with Gasteiger partial charge in [-0.25, -0.2) is 4.79 Å². The van der Waals surface area contributed by atoms with Crippen molar-refractivity contribution in [3.8, 4) is 11.3 Å². The number of aromatic carboxylic acids is 1. The van der Waals surface area contributed by atoms with Crippen molar-refractivity contribution < 1.29 is 9.90 Å². The first-order valence-corrected chi connectivity index (χ1v) is 9.65. The second-order valence-electron chi connectivity index (χ2n) is 7.50. The maximum absolute atomic E-state index is 11.8. The summed E-state index contributed by atoms with van der Waals surface area (Å²) in [7, 11) is 0. The van der Waals surface area contributed by atoms with Gasteiger partial charge in [-0.2, -0.15) is 0 Å². The molecule has 1 fully saturated rings. The van der Waals surface area contributed by atoms with Crippen LogP contribution in [0.25, 0.3) is 22.0 Å². The van der Waals surface area contributed by atoms with Crippen LogP contribution >= 0.6 is 0 Å². The maximum atomic E-state index is 11.8. The number of fused-ring (bicyclic) bond motifs is 1. The third-order valence-electron chi connectivity index (χ3n) is 5.66. The molecular formula is C23H25NO2. The molecule has 1 saturated carbocycles. The van der Waals surface area contributed by atoms with E-state index in [-0.39, 0.29) is 0 Å². The van der Waals surface area contributed by atoms with Crippen LogP contribution in [0.5, 0.6) is 0 Å². The number of carboxylic acid groups (broad SMARTS) is 1. The molecule has 134 valence electrons. The van der Waals surface area contributed by atoms with Crippen molar-refractivity contribution in [2.45, 2.75) is 44.9 Å². The number of benzene rings is 2. The van der Waals surface area contributed by atoms with Crippen molar-refractivity contribution in [1.82, 2.24) is 4.98 Å². The van der Waals surface area contributed by atoms with E-state index in [4.69, 9.17) is 0 Å². The minimum atomic E-state index is -0.836. The molecule has 1 aliphatic rings. The Bertz CT molecular complexity index is 917. The van der Waals surface area contributed by atoms with E-state index in [9.17, 15) is 9.90 Å². The van der Waals surface area contributed by atoms with Crippen molar-refractivity contribution in [3.63, 3.8) is 0 Å². The van der Waals surface area contributed by atoms with E-state index in [0.29, 0.717) is 11.5 Å². The summed E-state index contributed by atoms with van der Waals surface area (Å²) in [4.78, 5) is 15.2. The Morgan fingerprint density at radius 2 is 1.69 bits per heavy atom. The van der Waals surface area contributed by atoms with Gasteiger partial charge in [-0.3, -0.25) is 0 Å². The number of carboxylic acids is 1. The lowest BCUT2D eigenvalue weighted by molar-refractivity contribution is 0.0695. The normalized spacial score (nSPS) is 15.8. The second kappa shape index (κ2) is 7.36. The van der Waals surface area contributed by atoms with E-state index < -0.39 is 5.97 Å². The number of hydrogen-bond acceptors (Lipinski definition) is 1. The van der Waals surface area contributed by atoms with Gasteiger partial charge in [0.05, 0.1) is 5.56 Å². The van der Waals surface area contributed by atoms with E-state index in [1.807, 2.05) is 12.1 Å². The molecule has 0 spiro atoms. The Hall–Kier alpha value is -2.55. The first-order chi connectivity index (χ1) is 12.7. The van der Waals surface area contributed by atoms with Crippen molar-refractivity contribution >= 4 is 16.7 Å². The molecule has 1 aromatic heterocycles. The molecule has 2 N–H and O–H groups in total. The summed E-state index contributed by atoms with van der Waals surface area (Å²) in [6.45, 7) is 0. The van der Waals surface area contributed by atoms with Crippen LogP contribution in [0.2, 0.25) is 0 Å². The van der Waals surface area contributed by atoms with Crippen LogP contribution in [0.15, 0.2) is 48.5 Å². The first-order valence-electron chi connectivity index (χ1n) is 9.65. The highest BCUT2D eigenvalue weighted by molar-refractivity contribution is 5.92. The summed E-state index contributed by atoms with van der Waals surface area (Å²) in [5.74, 6) is -0.240. The average Bonchev–Trinajstić information content (AvgIpc) is 2.90. The molecule has 4 rings (SSSR count). The molecule has 0 unspecified atom stereocenters. The highest BCUT2D eigenvalue weighted by Gasteiger charge is 2.20. The van der Waals surface area contributed by atoms with Gasteiger partial charge in [0, 0.05) is 11.4 Å². The molecule has 3 heteroatoms. The van der Waals surface area contributed by atoms with Crippen LogP contribution in [0.3, 0.4) is 0 Å². The molecule has 0 aliphatic heterocycles. The van der Waals surface area contributed by atoms with Crippen molar-refractivity contribution in [2.75, 3.05) is 0 Å². The van der Waals surface area contributed by atoms with E-state index >= 15 is 0 Å². The lowest BCUT2D eigenvalue weighted by Crippen LogP contribution is -2.08. The zero-order chi connectivity index (χ0) is 17.9. The summed E-state index contributed by atoms with van der Waals surface area (Å²) in [6.07, 6.45) is 8.43. The summed E-state index contributed by atoms with van der Waals surface area (Å²) in [5.41, 5.74) is 3.25. The monoisotopic (exact) mass is 347 g/mol. The highest BCUT2D eigenvalue weighted by Crippen LogP contribution is 2.30. The van der Waals surface area contributed by atoms with Crippen LogP contribution < -0.4 is 0 Å². The van der Waals surface area contributed by atoms with Crippen LogP contribution in [-0.2, 0) is 6.42 Å². The van der Waals surface area contributed by atoms with E-state index in [1.165, 1.54) is 49.3 Å². The molecule has 0 radical (unpaired) electrons. The van der Waals surface area contributed by atoms with Gasteiger partial charge in [-0.1, -0.05) is 74.9 Å². The molecule has 26 heavy (non-hydrogen) atoms. The van der Waals surface area contributed by atoms with Gasteiger partial charge in [0.15, 0.2) is 0 Å². The van der Waals surface area contributed by atoms with E-state index in [1.54, 1.807) is 6.07 Å². The predicted octanol–water partition coefficient (Wildman–Crippen LogP) is 6.05.